The molecule has 3 aromatic rings. The summed E-state index contributed by atoms with van der Waals surface area (Å²) in [6.45, 7) is 6.41. The van der Waals surface area contributed by atoms with E-state index < -0.39 is 30.4 Å². The highest BCUT2D eigenvalue weighted by atomic mass is 19.3. The molecule has 0 amide bonds. The highest BCUT2D eigenvalue weighted by molar-refractivity contribution is 5.91. The Kier molecular flexibility index (Phi) is 14.2. The van der Waals surface area contributed by atoms with E-state index in [-0.39, 0.29) is 11.3 Å². The number of rotatable bonds is 18. The van der Waals surface area contributed by atoms with Crippen molar-refractivity contribution in [3.63, 3.8) is 0 Å². The van der Waals surface area contributed by atoms with Crippen LogP contribution in [0.5, 0.6) is 11.5 Å². The second kappa shape index (κ2) is 18.0. The number of carbonyl (C=O) groups excluding carboxylic acids is 2. The van der Waals surface area contributed by atoms with Gasteiger partial charge in [0.05, 0.1) is 18.3 Å². The molecule has 0 heterocycles. The zero-order valence-corrected chi connectivity index (χ0v) is 25.5. The second-order valence-electron chi connectivity index (χ2n) is 10.9. The second-order valence-corrected chi connectivity index (χ2v) is 10.9. The van der Waals surface area contributed by atoms with Gasteiger partial charge in [0.2, 0.25) is 0 Å². The molecule has 0 aliphatic carbocycles. The quantitative estimate of drug-likeness (QED) is 0.0833. The lowest BCUT2D eigenvalue weighted by atomic mass is 9.99. The van der Waals surface area contributed by atoms with Gasteiger partial charge in [-0.3, -0.25) is 4.79 Å². The fraction of sp³-hybridized carbons (Fsp3) is 0.444. The van der Waals surface area contributed by atoms with E-state index in [4.69, 9.17) is 14.2 Å². The van der Waals surface area contributed by atoms with Crippen LogP contribution in [0.15, 0.2) is 72.8 Å². The summed E-state index contributed by atoms with van der Waals surface area (Å²) in [5, 5.41) is 0. The van der Waals surface area contributed by atoms with Crippen molar-refractivity contribution in [3.05, 3.63) is 83.9 Å². The first-order valence-corrected chi connectivity index (χ1v) is 15.5. The molecule has 0 saturated heterocycles. The van der Waals surface area contributed by atoms with Gasteiger partial charge in [-0.25, -0.2) is 13.6 Å². The van der Waals surface area contributed by atoms with Gasteiger partial charge in [-0.1, -0.05) is 95.2 Å². The van der Waals surface area contributed by atoms with Crippen LogP contribution in [-0.2, 0) is 9.53 Å². The van der Waals surface area contributed by atoms with Crippen molar-refractivity contribution in [2.75, 3.05) is 6.61 Å². The molecule has 0 aromatic heterocycles. The fourth-order valence-corrected chi connectivity index (χ4v) is 4.62. The molecule has 0 spiro atoms. The summed E-state index contributed by atoms with van der Waals surface area (Å²) in [7, 11) is 0. The van der Waals surface area contributed by atoms with Gasteiger partial charge >= 0.3 is 11.9 Å². The third kappa shape index (κ3) is 11.1. The van der Waals surface area contributed by atoms with E-state index in [0.29, 0.717) is 18.6 Å². The molecule has 3 rings (SSSR count). The van der Waals surface area contributed by atoms with E-state index in [9.17, 15) is 18.4 Å². The van der Waals surface area contributed by atoms with E-state index in [1.54, 1.807) is 26.0 Å². The predicted octanol–water partition coefficient (Wildman–Crippen LogP) is 9.78. The third-order valence-electron chi connectivity index (χ3n) is 7.42. The molecule has 232 valence electrons. The Morgan fingerprint density at radius 3 is 1.79 bits per heavy atom. The average molecular weight is 595 g/mol. The number of alkyl halides is 2. The summed E-state index contributed by atoms with van der Waals surface area (Å²) in [6.07, 6.45) is 7.25. The van der Waals surface area contributed by atoms with Crippen molar-refractivity contribution in [2.45, 2.75) is 97.0 Å². The summed E-state index contributed by atoms with van der Waals surface area (Å²) >= 11 is 0. The van der Waals surface area contributed by atoms with Gasteiger partial charge in [-0.15, -0.1) is 0 Å². The van der Waals surface area contributed by atoms with Gasteiger partial charge in [-0.2, -0.15) is 0 Å². The number of hydrogen-bond acceptors (Lipinski definition) is 5. The average Bonchev–Trinajstić information content (AvgIpc) is 3.01. The Hall–Kier alpha value is -3.74. The van der Waals surface area contributed by atoms with E-state index in [1.165, 1.54) is 69.2 Å². The molecule has 43 heavy (non-hydrogen) atoms. The lowest BCUT2D eigenvalue weighted by Crippen LogP contribution is -2.25. The predicted molar refractivity (Wildman–Crippen MR) is 166 cm³/mol. The molecule has 0 N–H and O–H groups in total. The molecule has 0 bridgehead atoms. The first kappa shape index (κ1) is 33.8. The molecule has 2 atom stereocenters. The van der Waals surface area contributed by atoms with Crippen molar-refractivity contribution in [2.24, 2.45) is 0 Å². The molecule has 0 aliphatic rings. The Morgan fingerprint density at radius 1 is 0.698 bits per heavy atom. The van der Waals surface area contributed by atoms with Crippen LogP contribution < -0.4 is 9.47 Å². The molecule has 0 saturated carbocycles. The summed E-state index contributed by atoms with van der Waals surface area (Å²) in [4.78, 5) is 24.9. The summed E-state index contributed by atoms with van der Waals surface area (Å²) in [5.74, 6) is -2.24. The molecule has 1 unspecified atom stereocenters. The van der Waals surface area contributed by atoms with Crippen LogP contribution in [0, 0.1) is 0 Å². The van der Waals surface area contributed by atoms with Crippen molar-refractivity contribution >= 4 is 11.9 Å². The highest BCUT2D eigenvalue weighted by Crippen LogP contribution is 2.28. The molecule has 3 aromatic carbocycles. The van der Waals surface area contributed by atoms with Gasteiger partial charge < -0.3 is 14.2 Å². The number of ether oxygens (including phenoxy) is 3. The Balaban J connectivity index is 1.48. The number of halogens is 2. The van der Waals surface area contributed by atoms with Crippen LogP contribution in [0.4, 0.5) is 8.78 Å². The lowest BCUT2D eigenvalue weighted by molar-refractivity contribution is -0.154. The molecule has 0 fully saturated rings. The van der Waals surface area contributed by atoms with Gasteiger partial charge in [0.25, 0.3) is 6.43 Å². The smallest absolute Gasteiger partial charge is 0.343 e. The van der Waals surface area contributed by atoms with Crippen LogP contribution in [0.1, 0.15) is 100 Å². The van der Waals surface area contributed by atoms with Gasteiger partial charge in [-0.05, 0) is 72.9 Å². The minimum absolute atomic E-state index is 0.0945. The molecule has 7 heteroatoms. The maximum atomic E-state index is 13.6. The number of unbranched alkanes of at least 4 members (excludes halogenated alkanes) is 7. The summed E-state index contributed by atoms with van der Waals surface area (Å²) < 4.78 is 43.7. The fourth-order valence-electron chi connectivity index (χ4n) is 4.62. The van der Waals surface area contributed by atoms with Crippen LogP contribution in [0.3, 0.4) is 0 Å². The summed E-state index contributed by atoms with van der Waals surface area (Å²) in [6, 6.07) is 20.4. The normalized spacial score (nSPS) is 12.5. The van der Waals surface area contributed by atoms with Crippen molar-refractivity contribution in [3.8, 4) is 22.6 Å². The SMILES string of the molecule is CCCCCCCCCCOc1ccc(-c2ccc(C(=O)Oc3ccc([C@H](C(=O)OC(C)CC)C(F)F)cc3)cc2)cc1. The first-order chi connectivity index (χ1) is 20.8. The monoisotopic (exact) mass is 594 g/mol. The van der Waals surface area contributed by atoms with E-state index in [0.717, 1.165) is 23.3 Å². The van der Waals surface area contributed by atoms with E-state index in [1.807, 2.05) is 36.4 Å². The standard InChI is InChI=1S/C36H44F2O5/c1-4-6-7-8-9-10-11-12-25-41-31-21-17-28(18-22-31)27-13-15-30(16-14-27)35(39)43-32-23-19-29(20-24-32)33(34(37)38)36(40)42-26(3)5-2/h13-24,26,33-34H,4-12,25H2,1-3H3/t26?,33-/m0/s1. The lowest BCUT2D eigenvalue weighted by Gasteiger charge is -2.18. The Bertz CT molecular complexity index is 1240. The molecule has 5 nitrogen and oxygen atoms in total. The van der Waals surface area contributed by atoms with Crippen LogP contribution in [-0.4, -0.2) is 31.1 Å². The highest BCUT2D eigenvalue weighted by Gasteiger charge is 2.32. The van der Waals surface area contributed by atoms with Crippen molar-refractivity contribution < 1.29 is 32.6 Å². The maximum absolute atomic E-state index is 13.6. The molecular formula is C36H44F2O5. The van der Waals surface area contributed by atoms with E-state index in [2.05, 4.69) is 6.92 Å². The van der Waals surface area contributed by atoms with Gasteiger partial charge in [0, 0.05) is 0 Å². The van der Waals surface area contributed by atoms with Crippen molar-refractivity contribution in [1.82, 2.24) is 0 Å². The minimum atomic E-state index is -2.92. The van der Waals surface area contributed by atoms with Crippen LogP contribution >= 0.6 is 0 Å². The maximum Gasteiger partial charge on any atom is 0.343 e. The first-order valence-electron chi connectivity index (χ1n) is 15.5. The largest absolute Gasteiger partial charge is 0.494 e. The van der Waals surface area contributed by atoms with Crippen molar-refractivity contribution in [1.29, 1.82) is 0 Å². The number of benzene rings is 3. The van der Waals surface area contributed by atoms with E-state index >= 15 is 0 Å². The Morgan fingerprint density at radius 2 is 1.23 bits per heavy atom. The molecule has 0 aliphatic heterocycles. The zero-order valence-electron chi connectivity index (χ0n) is 25.5. The number of hydrogen-bond donors (Lipinski definition) is 0. The topological polar surface area (TPSA) is 61.8 Å². The number of esters is 2. The van der Waals surface area contributed by atoms with Gasteiger partial charge in [0.1, 0.15) is 17.4 Å². The zero-order chi connectivity index (χ0) is 31.0. The number of carbonyl (C=O) groups is 2. The molecular weight excluding hydrogens is 550 g/mol. The van der Waals surface area contributed by atoms with Crippen LogP contribution in [0.25, 0.3) is 11.1 Å². The molecule has 0 radical (unpaired) electrons. The van der Waals surface area contributed by atoms with Gasteiger partial charge in [0.15, 0.2) is 0 Å². The van der Waals surface area contributed by atoms with Crippen LogP contribution in [0.2, 0.25) is 0 Å². The minimum Gasteiger partial charge on any atom is -0.494 e. The third-order valence-corrected chi connectivity index (χ3v) is 7.42. The Labute approximate surface area is 254 Å². The summed E-state index contributed by atoms with van der Waals surface area (Å²) in [5.41, 5.74) is 2.38.